The van der Waals surface area contributed by atoms with Crippen molar-refractivity contribution in [1.82, 2.24) is 0 Å². The molecule has 2 atom stereocenters. The van der Waals surface area contributed by atoms with Crippen molar-refractivity contribution in [1.29, 1.82) is 0 Å². The lowest BCUT2D eigenvalue weighted by atomic mass is 9.92. The first-order valence-electron chi connectivity index (χ1n) is 6.62. The van der Waals surface area contributed by atoms with Crippen LogP contribution in [-0.4, -0.2) is 11.1 Å². The minimum absolute atomic E-state index is 0.0537. The summed E-state index contributed by atoms with van der Waals surface area (Å²) in [6.45, 7) is 0. The maximum atomic E-state index is 10.6. The fraction of sp³-hybridized carbons (Fsp3) is 0.250. The first kappa shape index (κ1) is 14.1. The Kier molecular flexibility index (Phi) is 4.15. The lowest BCUT2D eigenvalue weighted by molar-refractivity contribution is 0.149. The Morgan fingerprint density at radius 2 is 1.90 bits per heavy atom. The molecular formula is C16H15Br2NO. The summed E-state index contributed by atoms with van der Waals surface area (Å²) in [4.78, 5) is 0. The van der Waals surface area contributed by atoms with E-state index in [9.17, 15) is 5.11 Å². The molecule has 0 spiro atoms. The van der Waals surface area contributed by atoms with Gasteiger partial charge in [0.15, 0.2) is 0 Å². The maximum absolute atomic E-state index is 10.6. The van der Waals surface area contributed by atoms with Gasteiger partial charge in [0.05, 0.1) is 12.1 Å². The van der Waals surface area contributed by atoms with Gasteiger partial charge in [-0.3, -0.25) is 0 Å². The zero-order valence-electron chi connectivity index (χ0n) is 10.8. The van der Waals surface area contributed by atoms with Gasteiger partial charge < -0.3 is 10.4 Å². The summed E-state index contributed by atoms with van der Waals surface area (Å²) in [7, 11) is 0. The summed E-state index contributed by atoms with van der Waals surface area (Å²) >= 11 is 6.94. The van der Waals surface area contributed by atoms with Crippen molar-refractivity contribution in [3.8, 4) is 0 Å². The molecule has 1 heterocycles. The quantitative estimate of drug-likeness (QED) is 0.772. The molecular weight excluding hydrogens is 382 g/mol. The standard InChI is InChI=1S/C16H15Br2NO/c17-12-7-5-11(9-13(12)18)16(20)15-8-6-10-3-1-2-4-14(10)19-15/h1-5,7,9,15-16,19-20H,6,8H2. The van der Waals surface area contributed by atoms with Crippen LogP contribution in [0.5, 0.6) is 0 Å². The molecule has 1 aliphatic rings. The number of benzene rings is 2. The SMILES string of the molecule is OC(c1ccc(Br)c(Br)c1)C1CCc2ccccc2N1. The molecule has 2 N–H and O–H groups in total. The highest BCUT2D eigenvalue weighted by Gasteiger charge is 2.25. The normalized spacial score (nSPS) is 19.1. The van der Waals surface area contributed by atoms with Crippen LogP contribution in [0.1, 0.15) is 23.7 Å². The molecule has 2 aromatic rings. The molecule has 0 saturated carbocycles. The molecule has 0 amide bonds. The molecule has 0 saturated heterocycles. The van der Waals surface area contributed by atoms with E-state index < -0.39 is 6.10 Å². The van der Waals surface area contributed by atoms with E-state index in [0.717, 1.165) is 33.0 Å². The molecule has 0 radical (unpaired) electrons. The number of fused-ring (bicyclic) bond motifs is 1. The fourth-order valence-electron chi connectivity index (χ4n) is 2.63. The number of hydrogen-bond acceptors (Lipinski definition) is 2. The number of aliphatic hydroxyl groups excluding tert-OH is 1. The summed E-state index contributed by atoms with van der Waals surface area (Å²) in [5.74, 6) is 0. The first-order valence-corrected chi connectivity index (χ1v) is 8.21. The molecule has 4 heteroatoms. The lowest BCUT2D eigenvalue weighted by Gasteiger charge is -2.31. The van der Waals surface area contributed by atoms with Crippen LogP contribution >= 0.6 is 31.9 Å². The third kappa shape index (κ3) is 2.78. The van der Waals surface area contributed by atoms with Crippen molar-refractivity contribution >= 4 is 37.5 Å². The monoisotopic (exact) mass is 395 g/mol. The van der Waals surface area contributed by atoms with Gasteiger partial charge in [-0.15, -0.1) is 0 Å². The Labute approximate surface area is 135 Å². The molecule has 1 aliphatic heterocycles. The van der Waals surface area contributed by atoms with Crippen LogP contribution in [0.15, 0.2) is 51.4 Å². The zero-order valence-corrected chi connectivity index (χ0v) is 14.0. The minimum atomic E-state index is -0.507. The highest BCUT2D eigenvalue weighted by molar-refractivity contribution is 9.13. The first-order chi connectivity index (χ1) is 9.65. The molecule has 0 aromatic heterocycles. The van der Waals surface area contributed by atoms with Crippen molar-refractivity contribution in [2.45, 2.75) is 25.0 Å². The summed E-state index contributed by atoms with van der Waals surface area (Å²) in [5, 5.41) is 14.0. The molecule has 104 valence electrons. The van der Waals surface area contributed by atoms with Gasteiger partial charge in [-0.2, -0.15) is 0 Å². The lowest BCUT2D eigenvalue weighted by Crippen LogP contribution is -2.31. The summed E-state index contributed by atoms with van der Waals surface area (Å²) in [5.41, 5.74) is 3.39. The van der Waals surface area contributed by atoms with Crippen LogP contribution in [0.3, 0.4) is 0 Å². The number of anilines is 1. The van der Waals surface area contributed by atoms with E-state index in [0.29, 0.717) is 0 Å². The molecule has 3 rings (SSSR count). The molecule has 0 fully saturated rings. The third-order valence-corrected chi connectivity index (χ3v) is 5.63. The van der Waals surface area contributed by atoms with Gasteiger partial charge in [-0.25, -0.2) is 0 Å². The second-order valence-electron chi connectivity index (χ2n) is 5.07. The Morgan fingerprint density at radius 3 is 2.70 bits per heavy atom. The third-order valence-electron chi connectivity index (χ3n) is 3.75. The maximum Gasteiger partial charge on any atom is 0.0991 e. The number of rotatable bonds is 2. The van der Waals surface area contributed by atoms with E-state index in [-0.39, 0.29) is 6.04 Å². The predicted octanol–water partition coefficient (Wildman–Crippen LogP) is 4.67. The summed E-state index contributed by atoms with van der Waals surface area (Å²) < 4.78 is 1.96. The van der Waals surface area contributed by atoms with Gasteiger partial charge in [0.2, 0.25) is 0 Å². The van der Waals surface area contributed by atoms with Crippen molar-refractivity contribution < 1.29 is 5.11 Å². The minimum Gasteiger partial charge on any atom is -0.386 e. The molecule has 20 heavy (non-hydrogen) atoms. The highest BCUT2D eigenvalue weighted by atomic mass is 79.9. The van der Waals surface area contributed by atoms with E-state index in [1.54, 1.807) is 0 Å². The van der Waals surface area contributed by atoms with E-state index in [4.69, 9.17) is 0 Å². The summed E-state index contributed by atoms with van der Waals surface area (Å²) in [6.07, 6.45) is 1.43. The van der Waals surface area contributed by atoms with Crippen molar-refractivity contribution in [2.24, 2.45) is 0 Å². The van der Waals surface area contributed by atoms with Gasteiger partial charge >= 0.3 is 0 Å². The Balaban J connectivity index is 1.82. The number of halogens is 2. The average molecular weight is 397 g/mol. The molecule has 2 nitrogen and oxygen atoms in total. The molecule has 2 unspecified atom stereocenters. The van der Waals surface area contributed by atoms with Crippen LogP contribution < -0.4 is 5.32 Å². The largest absolute Gasteiger partial charge is 0.386 e. The van der Waals surface area contributed by atoms with Crippen molar-refractivity contribution in [3.63, 3.8) is 0 Å². The average Bonchev–Trinajstić information content (AvgIpc) is 2.49. The van der Waals surface area contributed by atoms with Crippen LogP contribution in [0.2, 0.25) is 0 Å². The number of para-hydroxylation sites is 1. The van der Waals surface area contributed by atoms with Gasteiger partial charge in [0, 0.05) is 14.6 Å². The Bertz CT molecular complexity index is 630. The summed E-state index contributed by atoms with van der Waals surface area (Å²) in [6, 6.07) is 14.2. The van der Waals surface area contributed by atoms with Crippen LogP contribution in [0, 0.1) is 0 Å². The highest BCUT2D eigenvalue weighted by Crippen LogP contribution is 2.33. The van der Waals surface area contributed by atoms with Crippen LogP contribution in [-0.2, 0) is 6.42 Å². The number of aryl methyl sites for hydroxylation is 1. The smallest absolute Gasteiger partial charge is 0.0991 e. The fourth-order valence-corrected chi connectivity index (χ4v) is 3.27. The second kappa shape index (κ2) is 5.88. The van der Waals surface area contributed by atoms with Crippen molar-refractivity contribution in [3.05, 3.63) is 62.5 Å². The van der Waals surface area contributed by atoms with Gasteiger partial charge in [-0.05, 0) is 74.0 Å². The molecule has 2 aromatic carbocycles. The van der Waals surface area contributed by atoms with Gasteiger partial charge in [-0.1, -0.05) is 24.3 Å². The molecule has 0 aliphatic carbocycles. The van der Waals surface area contributed by atoms with E-state index in [1.165, 1.54) is 5.56 Å². The van der Waals surface area contributed by atoms with Crippen LogP contribution in [0.4, 0.5) is 5.69 Å². The Hall–Kier alpha value is -0.840. The van der Waals surface area contributed by atoms with E-state index in [1.807, 2.05) is 24.3 Å². The van der Waals surface area contributed by atoms with E-state index >= 15 is 0 Å². The Morgan fingerprint density at radius 1 is 1.10 bits per heavy atom. The number of nitrogens with one attached hydrogen (secondary N) is 1. The number of hydrogen-bond donors (Lipinski definition) is 2. The second-order valence-corrected chi connectivity index (χ2v) is 6.77. The van der Waals surface area contributed by atoms with E-state index in [2.05, 4.69) is 55.4 Å². The molecule has 0 bridgehead atoms. The predicted molar refractivity (Wildman–Crippen MR) is 89.0 cm³/mol. The van der Waals surface area contributed by atoms with Gasteiger partial charge in [0.25, 0.3) is 0 Å². The number of aliphatic hydroxyl groups is 1. The topological polar surface area (TPSA) is 32.3 Å². The van der Waals surface area contributed by atoms with Crippen LogP contribution in [0.25, 0.3) is 0 Å². The van der Waals surface area contributed by atoms with Gasteiger partial charge in [0.1, 0.15) is 0 Å². The zero-order chi connectivity index (χ0) is 14.1. The van der Waals surface area contributed by atoms with Crippen molar-refractivity contribution in [2.75, 3.05) is 5.32 Å².